The molecule has 0 aliphatic heterocycles. The lowest BCUT2D eigenvalue weighted by Crippen LogP contribution is -2.45. The lowest BCUT2D eigenvalue weighted by atomic mass is 9.82. The van der Waals surface area contributed by atoms with Crippen molar-refractivity contribution in [2.45, 2.75) is 42.0 Å². The van der Waals surface area contributed by atoms with Gasteiger partial charge in [-0.2, -0.15) is 0 Å². The molecule has 1 aromatic heterocycles. The van der Waals surface area contributed by atoms with Crippen molar-refractivity contribution in [1.29, 1.82) is 0 Å². The average molecular weight is 353 g/mol. The highest BCUT2D eigenvalue weighted by molar-refractivity contribution is 7.91. The van der Waals surface area contributed by atoms with Gasteiger partial charge in [0.1, 0.15) is 4.21 Å². The molecule has 1 aromatic rings. The predicted molar refractivity (Wildman–Crippen MR) is 85.3 cm³/mol. The maximum Gasteiger partial charge on any atom is 0.250 e. The molecule has 0 radical (unpaired) electrons. The Kier molecular flexibility index (Phi) is 6.05. The van der Waals surface area contributed by atoms with Crippen molar-refractivity contribution in [2.75, 3.05) is 13.7 Å². The van der Waals surface area contributed by atoms with Crippen LogP contribution in [0.2, 0.25) is 4.34 Å². The van der Waals surface area contributed by atoms with Gasteiger partial charge in [0, 0.05) is 12.1 Å². The van der Waals surface area contributed by atoms with Gasteiger partial charge in [-0.05, 0) is 50.8 Å². The van der Waals surface area contributed by atoms with Crippen LogP contribution in [0.3, 0.4) is 0 Å². The third kappa shape index (κ3) is 4.40. The number of hydrogen-bond acceptors (Lipinski definition) is 5. The lowest BCUT2D eigenvalue weighted by Gasteiger charge is -2.33. The number of sulfonamides is 1. The van der Waals surface area contributed by atoms with E-state index >= 15 is 0 Å². The Bertz CT molecular complexity index is 554. The van der Waals surface area contributed by atoms with Crippen molar-refractivity contribution in [3.8, 4) is 0 Å². The molecule has 1 aliphatic rings. The van der Waals surface area contributed by atoms with Crippen molar-refractivity contribution >= 4 is 33.0 Å². The van der Waals surface area contributed by atoms with Gasteiger partial charge >= 0.3 is 0 Å². The first kappa shape index (κ1) is 17.2. The highest BCUT2D eigenvalue weighted by Crippen LogP contribution is 2.29. The van der Waals surface area contributed by atoms with Crippen LogP contribution < -0.4 is 10.0 Å². The highest BCUT2D eigenvalue weighted by atomic mass is 35.5. The number of hydrogen-bond donors (Lipinski definition) is 3. The summed E-state index contributed by atoms with van der Waals surface area (Å²) >= 11 is 6.81. The van der Waals surface area contributed by atoms with Gasteiger partial charge in [-0.15, -0.1) is 11.3 Å². The molecule has 120 valence electrons. The minimum atomic E-state index is -3.61. The summed E-state index contributed by atoms with van der Waals surface area (Å²) in [4.78, 5) is 0. The zero-order chi connectivity index (χ0) is 15.5. The molecular formula is C13H21ClN2O3S2. The van der Waals surface area contributed by atoms with E-state index in [2.05, 4.69) is 10.0 Å². The normalized spacial score (nSPS) is 24.9. The van der Waals surface area contributed by atoms with Crippen LogP contribution in [0.1, 0.15) is 25.7 Å². The molecule has 21 heavy (non-hydrogen) atoms. The smallest absolute Gasteiger partial charge is 0.250 e. The van der Waals surface area contributed by atoms with E-state index in [9.17, 15) is 13.5 Å². The zero-order valence-corrected chi connectivity index (χ0v) is 14.3. The first-order valence-electron chi connectivity index (χ1n) is 7.02. The molecule has 0 aromatic carbocycles. The van der Waals surface area contributed by atoms with Gasteiger partial charge < -0.3 is 10.4 Å². The second kappa shape index (κ2) is 7.39. The Labute approximate surface area is 134 Å². The molecule has 1 atom stereocenters. The highest BCUT2D eigenvalue weighted by Gasteiger charge is 2.30. The molecule has 0 spiro atoms. The van der Waals surface area contributed by atoms with E-state index in [0.29, 0.717) is 10.4 Å². The first-order valence-corrected chi connectivity index (χ1v) is 9.70. The standard InChI is InChI=1S/C13H21ClN2O3S2/c1-15-10-4-2-9(3-5-10)11(8-17)16-21(18,19)13-7-6-12(14)20-13/h6-7,9-11,15-17H,2-5,8H2,1H3/t9?,10?,11-/m1/s1. The van der Waals surface area contributed by atoms with Crippen LogP contribution in [-0.2, 0) is 10.0 Å². The molecule has 1 aliphatic carbocycles. The van der Waals surface area contributed by atoms with Gasteiger partial charge in [-0.3, -0.25) is 0 Å². The summed E-state index contributed by atoms with van der Waals surface area (Å²) in [6.45, 7) is -0.187. The third-order valence-electron chi connectivity index (χ3n) is 4.07. The number of halogens is 1. The quantitative estimate of drug-likeness (QED) is 0.729. The van der Waals surface area contributed by atoms with Crippen LogP contribution in [0.4, 0.5) is 0 Å². The van der Waals surface area contributed by atoms with Gasteiger partial charge in [0.05, 0.1) is 10.9 Å². The number of thiophene rings is 1. The average Bonchev–Trinajstić information content (AvgIpc) is 2.92. The second-order valence-electron chi connectivity index (χ2n) is 5.37. The van der Waals surface area contributed by atoms with Crippen LogP contribution in [0.15, 0.2) is 16.3 Å². The molecule has 8 heteroatoms. The monoisotopic (exact) mass is 352 g/mol. The maximum absolute atomic E-state index is 12.3. The van der Waals surface area contributed by atoms with Crippen LogP contribution in [0.25, 0.3) is 0 Å². The summed E-state index contributed by atoms with van der Waals surface area (Å²) in [6.07, 6.45) is 3.82. The topological polar surface area (TPSA) is 78.4 Å². The molecule has 1 fully saturated rings. The van der Waals surface area contributed by atoms with E-state index < -0.39 is 16.1 Å². The summed E-state index contributed by atoms with van der Waals surface area (Å²) in [6, 6.07) is 3.11. The van der Waals surface area contributed by atoms with Crippen molar-refractivity contribution in [3.05, 3.63) is 16.5 Å². The molecule has 5 nitrogen and oxygen atoms in total. The second-order valence-corrected chi connectivity index (χ2v) is 9.03. The molecule has 0 bridgehead atoms. The summed E-state index contributed by atoms with van der Waals surface area (Å²) in [5, 5.41) is 12.8. The summed E-state index contributed by atoms with van der Waals surface area (Å²) in [5.41, 5.74) is 0. The van der Waals surface area contributed by atoms with E-state index in [1.54, 1.807) is 6.07 Å². The molecule has 2 rings (SSSR count). The van der Waals surface area contributed by atoms with Crippen molar-refractivity contribution < 1.29 is 13.5 Å². The van der Waals surface area contributed by atoms with Crippen LogP contribution in [0.5, 0.6) is 0 Å². The van der Waals surface area contributed by atoms with Crippen molar-refractivity contribution in [1.82, 2.24) is 10.0 Å². The summed E-state index contributed by atoms with van der Waals surface area (Å²) in [7, 11) is -1.67. The SMILES string of the molecule is CNC1CCC([C@@H](CO)NS(=O)(=O)c2ccc(Cl)s2)CC1. The number of aliphatic hydroxyl groups excluding tert-OH is 1. The largest absolute Gasteiger partial charge is 0.395 e. The van der Waals surface area contributed by atoms with E-state index in [0.717, 1.165) is 37.0 Å². The summed E-state index contributed by atoms with van der Waals surface area (Å²) in [5.74, 6) is 0.171. The minimum Gasteiger partial charge on any atom is -0.395 e. The van der Waals surface area contributed by atoms with Crippen molar-refractivity contribution in [3.63, 3.8) is 0 Å². The molecule has 0 unspecified atom stereocenters. The van der Waals surface area contributed by atoms with Crippen LogP contribution in [0, 0.1) is 5.92 Å². The molecule has 0 saturated heterocycles. The Morgan fingerprint density at radius 1 is 1.38 bits per heavy atom. The van der Waals surface area contributed by atoms with Gasteiger partial charge in [-0.25, -0.2) is 13.1 Å². The lowest BCUT2D eigenvalue weighted by molar-refractivity contribution is 0.177. The van der Waals surface area contributed by atoms with E-state index in [4.69, 9.17) is 11.6 Å². The molecular weight excluding hydrogens is 332 g/mol. The Morgan fingerprint density at radius 2 is 2.05 bits per heavy atom. The Morgan fingerprint density at radius 3 is 2.52 bits per heavy atom. The maximum atomic E-state index is 12.3. The first-order chi connectivity index (χ1) is 9.96. The molecule has 3 N–H and O–H groups in total. The number of nitrogens with one attached hydrogen (secondary N) is 2. The fourth-order valence-corrected chi connectivity index (χ4v) is 5.59. The fourth-order valence-electron chi connectivity index (χ4n) is 2.79. The van der Waals surface area contributed by atoms with Crippen LogP contribution >= 0.6 is 22.9 Å². The van der Waals surface area contributed by atoms with Gasteiger partial charge in [-0.1, -0.05) is 11.6 Å². The van der Waals surface area contributed by atoms with Gasteiger partial charge in [0.15, 0.2) is 0 Å². The van der Waals surface area contributed by atoms with E-state index in [-0.39, 0.29) is 16.7 Å². The van der Waals surface area contributed by atoms with Crippen molar-refractivity contribution in [2.24, 2.45) is 5.92 Å². The zero-order valence-electron chi connectivity index (χ0n) is 11.9. The van der Waals surface area contributed by atoms with Crippen LogP contribution in [-0.4, -0.2) is 39.3 Å². The van der Waals surface area contributed by atoms with Gasteiger partial charge in [0.25, 0.3) is 0 Å². The minimum absolute atomic E-state index is 0.171. The van der Waals surface area contributed by atoms with E-state index in [1.807, 2.05) is 7.05 Å². The summed E-state index contributed by atoms with van der Waals surface area (Å²) < 4.78 is 27.8. The number of rotatable bonds is 6. The molecule has 1 heterocycles. The number of aliphatic hydroxyl groups is 1. The predicted octanol–water partition coefficient (Wildman–Crippen LogP) is 1.82. The van der Waals surface area contributed by atoms with E-state index in [1.165, 1.54) is 6.07 Å². The molecule has 1 saturated carbocycles. The van der Waals surface area contributed by atoms with Gasteiger partial charge in [0.2, 0.25) is 10.0 Å². The Balaban J connectivity index is 2.02. The fraction of sp³-hybridized carbons (Fsp3) is 0.692. The molecule has 0 amide bonds. The third-order valence-corrected chi connectivity index (χ3v) is 7.28. The Hall–Kier alpha value is -0.180.